The van der Waals surface area contributed by atoms with E-state index in [9.17, 15) is 4.79 Å². The van der Waals surface area contributed by atoms with Crippen LogP contribution in [0, 0.1) is 0 Å². The number of hydrogen-bond donors (Lipinski definition) is 3. The van der Waals surface area contributed by atoms with E-state index in [1.165, 1.54) is 0 Å². The Hall–Kier alpha value is -3.68. The van der Waals surface area contributed by atoms with Gasteiger partial charge < -0.3 is 5.32 Å². The van der Waals surface area contributed by atoms with E-state index in [2.05, 4.69) is 10.4 Å². The first-order valence-corrected chi connectivity index (χ1v) is 9.57. The number of amides is 1. The summed E-state index contributed by atoms with van der Waals surface area (Å²) < 4.78 is 1.78. The van der Waals surface area contributed by atoms with Crippen molar-refractivity contribution in [2.24, 2.45) is 0 Å². The Bertz CT molecular complexity index is 1140. The van der Waals surface area contributed by atoms with Crippen molar-refractivity contribution in [1.82, 2.24) is 20.2 Å². The highest BCUT2D eigenvalue weighted by atomic mass is 35.5. The standard InChI is InChI=1S/C22H18ClN5O2/c23-17-8-12-19(13-9-17)28-20(25-21(26-28)15-4-2-1-3-5-15)14-24-18-10-6-16(7-11-18)22(29)27-30/h1-13,24,30H,14H2,(H,27,29). The van der Waals surface area contributed by atoms with Crippen LogP contribution in [0.15, 0.2) is 78.9 Å². The molecule has 4 rings (SSSR count). The Morgan fingerprint density at radius 1 is 0.967 bits per heavy atom. The summed E-state index contributed by atoms with van der Waals surface area (Å²) in [6.45, 7) is 0.411. The van der Waals surface area contributed by atoms with E-state index in [0.29, 0.717) is 28.8 Å². The minimum Gasteiger partial charge on any atom is -0.378 e. The SMILES string of the molecule is O=C(NO)c1ccc(NCc2nc(-c3ccccc3)nn2-c2ccc(Cl)cc2)cc1. The molecule has 0 atom stereocenters. The Morgan fingerprint density at radius 2 is 1.67 bits per heavy atom. The number of nitrogens with one attached hydrogen (secondary N) is 2. The highest BCUT2D eigenvalue weighted by Gasteiger charge is 2.13. The van der Waals surface area contributed by atoms with E-state index in [1.54, 1.807) is 34.4 Å². The van der Waals surface area contributed by atoms with Crippen molar-refractivity contribution in [2.75, 3.05) is 5.32 Å². The molecule has 30 heavy (non-hydrogen) atoms. The summed E-state index contributed by atoms with van der Waals surface area (Å²) in [6, 6.07) is 23.9. The molecule has 0 unspecified atom stereocenters. The van der Waals surface area contributed by atoms with Crippen LogP contribution in [0.5, 0.6) is 0 Å². The number of carbonyl (C=O) groups excluding carboxylic acids is 1. The van der Waals surface area contributed by atoms with Crippen molar-refractivity contribution in [3.63, 3.8) is 0 Å². The van der Waals surface area contributed by atoms with Gasteiger partial charge in [-0.3, -0.25) is 10.0 Å². The van der Waals surface area contributed by atoms with Gasteiger partial charge in [0.1, 0.15) is 0 Å². The van der Waals surface area contributed by atoms with Gasteiger partial charge in [-0.05, 0) is 48.5 Å². The summed E-state index contributed by atoms with van der Waals surface area (Å²) in [5.74, 6) is 0.780. The van der Waals surface area contributed by atoms with E-state index >= 15 is 0 Å². The lowest BCUT2D eigenvalue weighted by Crippen LogP contribution is -2.18. The predicted octanol–water partition coefficient (Wildman–Crippen LogP) is 4.32. The molecule has 0 bridgehead atoms. The molecule has 0 spiro atoms. The van der Waals surface area contributed by atoms with Gasteiger partial charge in [0.05, 0.1) is 12.2 Å². The summed E-state index contributed by atoms with van der Waals surface area (Å²) in [4.78, 5) is 16.2. The van der Waals surface area contributed by atoms with Gasteiger partial charge in [0, 0.05) is 21.8 Å². The second-order valence-corrected chi connectivity index (χ2v) is 6.91. The number of benzene rings is 3. The number of aromatic nitrogens is 3. The third-order valence-corrected chi connectivity index (χ3v) is 4.73. The maximum Gasteiger partial charge on any atom is 0.274 e. The maximum absolute atomic E-state index is 11.5. The summed E-state index contributed by atoms with van der Waals surface area (Å²) in [5.41, 5.74) is 4.55. The van der Waals surface area contributed by atoms with E-state index < -0.39 is 5.91 Å². The van der Waals surface area contributed by atoms with Crippen molar-refractivity contribution >= 4 is 23.2 Å². The lowest BCUT2D eigenvalue weighted by molar-refractivity contribution is 0.0706. The van der Waals surface area contributed by atoms with E-state index in [1.807, 2.05) is 54.6 Å². The van der Waals surface area contributed by atoms with Crippen LogP contribution in [-0.2, 0) is 6.54 Å². The van der Waals surface area contributed by atoms with Gasteiger partial charge in [0.25, 0.3) is 5.91 Å². The van der Waals surface area contributed by atoms with Crippen molar-refractivity contribution in [2.45, 2.75) is 6.54 Å². The first-order valence-electron chi connectivity index (χ1n) is 9.20. The third kappa shape index (κ3) is 4.32. The van der Waals surface area contributed by atoms with Gasteiger partial charge in [0.15, 0.2) is 11.6 Å². The average molecular weight is 420 g/mol. The minimum atomic E-state index is -0.559. The molecule has 0 saturated heterocycles. The Morgan fingerprint density at radius 3 is 2.33 bits per heavy atom. The molecule has 0 fully saturated rings. The number of hydrogen-bond acceptors (Lipinski definition) is 5. The van der Waals surface area contributed by atoms with Crippen LogP contribution in [0.25, 0.3) is 17.1 Å². The van der Waals surface area contributed by atoms with Crippen molar-refractivity contribution in [1.29, 1.82) is 0 Å². The molecule has 150 valence electrons. The predicted molar refractivity (Wildman–Crippen MR) is 115 cm³/mol. The Kier molecular flexibility index (Phi) is 5.74. The topological polar surface area (TPSA) is 92.1 Å². The van der Waals surface area contributed by atoms with Crippen molar-refractivity contribution in [3.05, 3.63) is 95.3 Å². The highest BCUT2D eigenvalue weighted by Crippen LogP contribution is 2.20. The fraction of sp³-hybridized carbons (Fsp3) is 0.0455. The Labute approximate surface area is 177 Å². The molecule has 0 aliphatic rings. The lowest BCUT2D eigenvalue weighted by Gasteiger charge is -2.09. The van der Waals surface area contributed by atoms with Crippen LogP contribution in [0.1, 0.15) is 16.2 Å². The molecule has 0 aliphatic heterocycles. The van der Waals surface area contributed by atoms with Gasteiger partial charge in [-0.1, -0.05) is 41.9 Å². The largest absolute Gasteiger partial charge is 0.378 e. The van der Waals surface area contributed by atoms with Gasteiger partial charge in [-0.2, -0.15) is 0 Å². The van der Waals surface area contributed by atoms with Crippen molar-refractivity contribution in [3.8, 4) is 17.1 Å². The zero-order chi connectivity index (χ0) is 20.9. The van der Waals surface area contributed by atoms with Crippen LogP contribution >= 0.6 is 11.6 Å². The minimum absolute atomic E-state index is 0.360. The highest BCUT2D eigenvalue weighted by molar-refractivity contribution is 6.30. The van der Waals surface area contributed by atoms with Gasteiger partial charge in [-0.25, -0.2) is 15.1 Å². The van der Waals surface area contributed by atoms with Crippen LogP contribution in [-0.4, -0.2) is 25.9 Å². The number of rotatable bonds is 6. The van der Waals surface area contributed by atoms with Crippen molar-refractivity contribution < 1.29 is 10.0 Å². The molecule has 4 aromatic rings. The van der Waals surface area contributed by atoms with Gasteiger partial charge >= 0.3 is 0 Å². The van der Waals surface area contributed by atoms with Crippen LogP contribution < -0.4 is 10.8 Å². The fourth-order valence-electron chi connectivity index (χ4n) is 2.94. The molecular weight excluding hydrogens is 402 g/mol. The second-order valence-electron chi connectivity index (χ2n) is 6.48. The van der Waals surface area contributed by atoms with E-state index in [-0.39, 0.29) is 0 Å². The summed E-state index contributed by atoms with van der Waals surface area (Å²) in [5, 5.41) is 17.3. The molecule has 1 amide bonds. The second kappa shape index (κ2) is 8.77. The molecule has 3 N–H and O–H groups in total. The molecule has 0 radical (unpaired) electrons. The third-order valence-electron chi connectivity index (χ3n) is 4.48. The zero-order valence-corrected chi connectivity index (χ0v) is 16.5. The van der Waals surface area contributed by atoms with E-state index in [4.69, 9.17) is 21.8 Å². The molecule has 3 aromatic carbocycles. The van der Waals surface area contributed by atoms with Gasteiger partial charge in [-0.15, -0.1) is 5.10 Å². The van der Waals surface area contributed by atoms with Crippen LogP contribution in [0.3, 0.4) is 0 Å². The van der Waals surface area contributed by atoms with Crippen LogP contribution in [0.4, 0.5) is 5.69 Å². The molecule has 1 aromatic heterocycles. The smallest absolute Gasteiger partial charge is 0.274 e. The molecule has 1 heterocycles. The molecular formula is C22H18ClN5O2. The zero-order valence-electron chi connectivity index (χ0n) is 15.8. The first-order chi connectivity index (χ1) is 14.6. The fourth-order valence-corrected chi connectivity index (χ4v) is 3.07. The normalized spacial score (nSPS) is 10.6. The number of carbonyl (C=O) groups is 1. The first kappa shape index (κ1) is 19.6. The molecule has 0 saturated carbocycles. The maximum atomic E-state index is 11.5. The summed E-state index contributed by atoms with van der Waals surface area (Å²) in [7, 11) is 0. The number of hydroxylamine groups is 1. The molecule has 0 aliphatic carbocycles. The number of anilines is 1. The van der Waals surface area contributed by atoms with Crippen LogP contribution in [0.2, 0.25) is 5.02 Å². The monoisotopic (exact) mass is 419 g/mol. The lowest BCUT2D eigenvalue weighted by atomic mass is 10.2. The number of nitrogens with zero attached hydrogens (tertiary/aromatic N) is 3. The van der Waals surface area contributed by atoms with E-state index in [0.717, 1.165) is 16.9 Å². The molecule has 8 heteroatoms. The quantitative estimate of drug-likeness (QED) is 0.320. The average Bonchev–Trinajstić information content (AvgIpc) is 3.23. The number of halogens is 1. The molecule has 7 nitrogen and oxygen atoms in total. The summed E-state index contributed by atoms with van der Waals surface area (Å²) in [6.07, 6.45) is 0. The summed E-state index contributed by atoms with van der Waals surface area (Å²) >= 11 is 6.02. The Balaban J connectivity index is 1.61. The van der Waals surface area contributed by atoms with Gasteiger partial charge in [0.2, 0.25) is 0 Å².